The lowest BCUT2D eigenvalue weighted by Gasteiger charge is -2.31. The minimum Gasteiger partial charge on any atom is -0.372 e. The van der Waals surface area contributed by atoms with Crippen LogP contribution < -0.4 is 9.80 Å². The van der Waals surface area contributed by atoms with Crippen LogP contribution in [0.4, 0.5) is 11.4 Å². The summed E-state index contributed by atoms with van der Waals surface area (Å²) in [5, 5.41) is 8.10. The van der Waals surface area contributed by atoms with Crippen LogP contribution in [0.15, 0.2) is 121 Å². The molecule has 1 aliphatic carbocycles. The van der Waals surface area contributed by atoms with Crippen molar-refractivity contribution in [3.05, 3.63) is 127 Å². The van der Waals surface area contributed by atoms with E-state index in [0.717, 1.165) is 39.0 Å². The molecule has 0 amide bonds. The fourth-order valence-corrected chi connectivity index (χ4v) is 8.73. The SMILES string of the molecule is C1=CCCC(c2c3cc(N4CCCCC4)ccc3c(-c3c(-c4ccccc4)ccc4ccccc34)c3cc(N4CCCCC4)ccc23)=C1. The molecule has 48 heavy (non-hydrogen) atoms. The molecule has 0 atom stereocenters. The van der Waals surface area contributed by atoms with Gasteiger partial charge in [0.2, 0.25) is 0 Å². The number of allylic oxidation sites excluding steroid dienone is 4. The molecule has 6 aromatic rings. The first-order chi connectivity index (χ1) is 23.8. The third kappa shape index (κ3) is 5.19. The molecule has 0 unspecified atom stereocenters. The molecular formula is C46H44N2. The molecule has 0 radical (unpaired) electrons. The van der Waals surface area contributed by atoms with Gasteiger partial charge in [0.15, 0.2) is 0 Å². The number of hydrogen-bond acceptors (Lipinski definition) is 2. The van der Waals surface area contributed by atoms with E-state index in [1.165, 1.54) is 116 Å². The molecule has 9 rings (SSSR count). The van der Waals surface area contributed by atoms with Crippen molar-refractivity contribution in [2.24, 2.45) is 0 Å². The van der Waals surface area contributed by atoms with E-state index in [-0.39, 0.29) is 0 Å². The first-order valence-electron chi connectivity index (χ1n) is 18.3. The topological polar surface area (TPSA) is 6.48 Å². The molecule has 2 aliphatic heterocycles. The van der Waals surface area contributed by atoms with Gasteiger partial charge in [-0.25, -0.2) is 0 Å². The molecule has 0 saturated carbocycles. The molecule has 3 aliphatic rings. The molecule has 2 nitrogen and oxygen atoms in total. The van der Waals surface area contributed by atoms with Gasteiger partial charge in [-0.05, 0) is 141 Å². The van der Waals surface area contributed by atoms with Gasteiger partial charge in [-0.3, -0.25) is 0 Å². The van der Waals surface area contributed by atoms with E-state index in [2.05, 4.69) is 131 Å². The molecule has 6 aromatic carbocycles. The maximum atomic E-state index is 2.62. The third-order valence-electron chi connectivity index (χ3n) is 11.1. The number of fused-ring (bicyclic) bond motifs is 3. The van der Waals surface area contributed by atoms with E-state index in [0.29, 0.717) is 0 Å². The zero-order chi connectivity index (χ0) is 31.9. The zero-order valence-electron chi connectivity index (χ0n) is 27.9. The highest BCUT2D eigenvalue weighted by molar-refractivity contribution is 6.24. The standard InChI is InChI=1S/C46H44N2/c1-5-15-33(16-6-1)39-24-21-34-17-9-10-20-38(34)45(39)46-41-26-23-36(47-27-11-3-12-28-47)31-42(41)44(35-18-7-2-8-19-35)40-25-22-37(32-43(40)46)48-29-13-4-14-30-48/h1-2,5-7,9-10,15-18,20-26,31-32H,3-4,8,11-14,19,27-30H2. The summed E-state index contributed by atoms with van der Waals surface area (Å²) in [5.74, 6) is 0. The van der Waals surface area contributed by atoms with Gasteiger partial charge >= 0.3 is 0 Å². The Kier molecular flexibility index (Phi) is 7.73. The van der Waals surface area contributed by atoms with Gasteiger partial charge in [0.05, 0.1) is 0 Å². The van der Waals surface area contributed by atoms with Gasteiger partial charge in [0.25, 0.3) is 0 Å². The van der Waals surface area contributed by atoms with Crippen LogP contribution in [0.5, 0.6) is 0 Å². The fourth-order valence-electron chi connectivity index (χ4n) is 8.73. The van der Waals surface area contributed by atoms with E-state index < -0.39 is 0 Å². The molecule has 2 heterocycles. The maximum Gasteiger partial charge on any atom is 0.0372 e. The van der Waals surface area contributed by atoms with Gasteiger partial charge < -0.3 is 9.80 Å². The first kappa shape index (κ1) is 29.3. The number of benzene rings is 6. The third-order valence-corrected chi connectivity index (χ3v) is 11.1. The van der Waals surface area contributed by atoms with Crippen molar-refractivity contribution in [2.75, 3.05) is 36.0 Å². The summed E-state index contributed by atoms with van der Waals surface area (Å²) in [7, 11) is 0. The van der Waals surface area contributed by atoms with Gasteiger partial charge in [0.1, 0.15) is 0 Å². The van der Waals surface area contributed by atoms with Crippen LogP contribution in [0, 0.1) is 0 Å². The summed E-state index contributed by atoms with van der Waals surface area (Å²) < 4.78 is 0. The summed E-state index contributed by atoms with van der Waals surface area (Å²) in [6.07, 6.45) is 16.9. The molecule has 0 aromatic heterocycles. The number of anilines is 2. The summed E-state index contributed by atoms with van der Waals surface area (Å²) in [6, 6.07) is 39.6. The Morgan fingerprint density at radius 2 is 1.08 bits per heavy atom. The van der Waals surface area contributed by atoms with Crippen molar-refractivity contribution < 1.29 is 0 Å². The molecule has 0 N–H and O–H groups in total. The van der Waals surface area contributed by atoms with Gasteiger partial charge in [-0.1, -0.05) is 97.1 Å². The van der Waals surface area contributed by atoms with E-state index in [1.807, 2.05) is 0 Å². The molecule has 2 heteroatoms. The van der Waals surface area contributed by atoms with Crippen molar-refractivity contribution in [3.8, 4) is 22.3 Å². The lowest BCUT2D eigenvalue weighted by atomic mass is 9.80. The first-order valence-corrected chi connectivity index (χ1v) is 18.3. The Labute approximate surface area is 285 Å². The highest BCUT2D eigenvalue weighted by Crippen LogP contribution is 2.49. The van der Waals surface area contributed by atoms with Crippen molar-refractivity contribution in [2.45, 2.75) is 51.4 Å². The Hall–Kier alpha value is -4.82. The normalized spacial score (nSPS) is 17.0. The number of hydrogen-bond donors (Lipinski definition) is 0. The van der Waals surface area contributed by atoms with E-state index >= 15 is 0 Å². The molecule has 0 bridgehead atoms. The predicted octanol–water partition coefficient (Wildman–Crippen LogP) is 12.2. The summed E-state index contributed by atoms with van der Waals surface area (Å²) in [4.78, 5) is 5.25. The quantitative estimate of drug-likeness (QED) is 0.176. The summed E-state index contributed by atoms with van der Waals surface area (Å²) >= 11 is 0. The minimum atomic E-state index is 1.07. The molecule has 0 spiro atoms. The lowest BCUT2D eigenvalue weighted by molar-refractivity contribution is 0.578. The Bertz CT molecular complexity index is 2190. The number of nitrogens with zero attached hydrogens (tertiary/aromatic N) is 2. The molecule has 238 valence electrons. The largest absolute Gasteiger partial charge is 0.372 e. The monoisotopic (exact) mass is 624 g/mol. The average Bonchev–Trinajstić information content (AvgIpc) is 3.17. The maximum absolute atomic E-state index is 2.62. The predicted molar refractivity (Wildman–Crippen MR) is 208 cm³/mol. The van der Waals surface area contributed by atoms with E-state index in [9.17, 15) is 0 Å². The second-order valence-electron chi connectivity index (χ2n) is 14.0. The smallest absolute Gasteiger partial charge is 0.0372 e. The van der Waals surface area contributed by atoms with Gasteiger partial charge in [-0.15, -0.1) is 0 Å². The van der Waals surface area contributed by atoms with Crippen LogP contribution in [-0.2, 0) is 0 Å². The Balaban J connectivity index is 1.43. The van der Waals surface area contributed by atoms with Gasteiger partial charge in [0, 0.05) is 37.6 Å². The van der Waals surface area contributed by atoms with Crippen LogP contribution in [0.2, 0.25) is 0 Å². The van der Waals surface area contributed by atoms with Crippen LogP contribution in [-0.4, -0.2) is 26.2 Å². The number of piperidine rings is 2. The Morgan fingerprint density at radius 1 is 0.458 bits per heavy atom. The molecular weight excluding hydrogens is 581 g/mol. The van der Waals surface area contributed by atoms with Crippen LogP contribution in [0.1, 0.15) is 56.9 Å². The fraction of sp³-hybridized carbons (Fsp3) is 0.261. The Morgan fingerprint density at radius 3 is 1.75 bits per heavy atom. The number of rotatable bonds is 5. The highest BCUT2D eigenvalue weighted by Gasteiger charge is 2.24. The average molecular weight is 625 g/mol. The second-order valence-corrected chi connectivity index (χ2v) is 14.0. The second kappa shape index (κ2) is 12.7. The lowest BCUT2D eigenvalue weighted by Crippen LogP contribution is -2.29. The van der Waals surface area contributed by atoms with Gasteiger partial charge in [-0.2, -0.15) is 0 Å². The highest BCUT2D eigenvalue weighted by atomic mass is 15.1. The van der Waals surface area contributed by atoms with Crippen molar-refractivity contribution in [1.82, 2.24) is 0 Å². The van der Waals surface area contributed by atoms with E-state index in [1.54, 1.807) is 0 Å². The minimum absolute atomic E-state index is 1.07. The van der Waals surface area contributed by atoms with Crippen LogP contribution >= 0.6 is 0 Å². The summed E-state index contributed by atoms with van der Waals surface area (Å²) in [6.45, 7) is 4.57. The van der Waals surface area contributed by atoms with Crippen LogP contribution in [0.3, 0.4) is 0 Å². The summed E-state index contributed by atoms with van der Waals surface area (Å²) in [5.41, 5.74) is 10.9. The van der Waals surface area contributed by atoms with Crippen LogP contribution in [0.25, 0.3) is 60.1 Å². The van der Waals surface area contributed by atoms with Crippen molar-refractivity contribution in [1.29, 1.82) is 0 Å². The van der Waals surface area contributed by atoms with Crippen molar-refractivity contribution >= 4 is 49.3 Å². The molecule has 2 fully saturated rings. The van der Waals surface area contributed by atoms with Crippen molar-refractivity contribution in [3.63, 3.8) is 0 Å². The van der Waals surface area contributed by atoms with E-state index in [4.69, 9.17) is 0 Å². The zero-order valence-corrected chi connectivity index (χ0v) is 27.9. The molecule has 2 saturated heterocycles.